The van der Waals surface area contributed by atoms with E-state index in [1.165, 1.54) is 0 Å². The van der Waals surface area contributed by atoms with Crippen LogP contribution in [-0.4, -0.2) is 25.1 Å². The Labute approximate surface area is 127 Å². The number of nitrogens with one attached hydrogen (secondary N) is 1. The van der Waals surface area contributed by atoms with E-state index in [4.69, 9.17) is 10.5 Å². The summed E-state index contributed by atoms with van der Waals surface area (Å²) in [4.78, 5) is 11.8. The fourth-order valence-electron chi connectivity index (χ4n) is 1.77. The highest BCUT2D eigenvalue weighted by molar-refractivity contribution is 5.85. The van der Waals surface area contributed by atoms with E-state index in [1.54, 1.807) is 7.11 Å². The lowest BCUT2D eigenvalue weighted by Gasteiger charge is -2.26. The number of methoxy groups -OCH3 is 1. The van der Waals surface area contributed by atoms with E-state index in [0.29, 0.717) is 13.0 Å². The first-order valence-electron chi connectivity index (χ1n) is 6.71. The highest BCUT2D eigenvalue weighted by atomic mass is 35.5. The maximum absolute atomic E-state index is 11.8. The van der Waals surface area contributed by atoms with Crippen molar-refractivity contribution in [2.75, 3.05) is 13.7 Å². The van der Waals surface area contributed by atoms with E-state index in [2.05, 4.69) is 5.32 Å². The summed E-state index contributed by atoms with van der Waals surface area (Å²) >= 11 is 0. The first-order chi connectivity index (χ1) is 9.03. The smallest absolute Gasteiger partial charge is 0.224 e. The summed E-state index contributed by atoms with van der Waals surface area (Å²) in [5, 5.41) is 2.91. The average Bonchev–Trinajstić information content (AvgIpc) is 2.45. The molecule has 1 amide bonds. The van der Waals surface area contributed by atoms with Gasteiger partial charge in [0.15, 0.2) is 0 Å². The number of nitrogens with two attached hydrogens (primary N) is 1. The number of hydrogen-bond donors (Lipinski definition) is 2. The monoisotopic (exact) mass is 300 g/mol. The molecule has 0 aromatic heterocycles. The van der Waals surface area contributed by atoms with Gasteiger partial charge in [-0.25, -0.2) is 0 Å². The van der Waals surface area contributed by atoms with Crippen molar-refractivity contribution in [3.8, 4) is 5.75 Å². The number of hydrogen-bond acceptors (Lipinski definition) is 3. The normalized spacial score (nSPS) is 10.6. The molecule has 3 N–H and O–H groups in total. The molecule has 0 heterocycles. The summed E-state index contributed by atoms with van der Waals surface area (Å²) in [5.74, 6) is 0.795. The first-order valence-corrected chi connectivity index (χ1v) is 6.71. The predicted molar refractivity (Wildman–Crippen MR) is 84.5 cm³/mol. The number of halogens is 1. The Balaban J connectivity index is 0.00000361. The molecule has 0 radical (unpaired) electrons. The van der Waals surface area contributed by atoms with Crippen molar-refractivity contribution in [3.05, 3.63) is 29.8 Å². The molecule has 1 rings (SSSR count). The average molecular weight is 301 g/mol. The third-order valence-electron chi connectivity index (χ3n) is 3.57. The van der Waals surface area contributed by atoms with Gasteiger partial charge in [0.05, 0.1) is 13.5 Å². The second kappa shape index (κ2) is 8.82. The van der Waals surface area contributed by atoms with Crippen LogP contribution in [0.1, 0.15) is 32.3 Å². The summed E-state index contributed by atoms with van der Waals surface area (Å²) in [6.07, 6.45) is 2.08. The Morgan fingerprint density at radius 1 is 1.25 bits per heavy atom. The molecule has 0 fully saturated rings. The second-order valence-corrected chi connectivity index (χ2v) is 4.87. The zero-order chi connectivity index (χ0) is 14.3. The SMILES string of the molecule is CCC(N)(CC)CNC(=O)Cc1ccc(OC)cc1.Cl. The molecule has 0 aliphatic heterocycles. The summed E-state index contributed by atoms with van der Waals surface area (Å²) in [5.41, 5.74) is 6.82. The molecule has 1 aromatic carbocycles. The van der Waals surface area contributed by atoms with E-state index in [-0.39, 0.29) is 23.9 Å². The Morgan fingerprint density at radius 3 is 2.25 bits per heavy atom. The molecule has 5 heteroatoms. The fourth-order valence-corrected chi connectivity index (χ4v) is 1.77. The number of benzene rings is 1. The number of amides is 1. The van der Waals surface area contributed by atoms with Gasteiger partial charge < -0.3 is 15.8 Å². The first kappa shape index (κ1) is 18.7. The van der Waals surface area contributed by atoms with Crippen molar-refractivity contribution in [1.82, 2.24) is 5.32 Å². The van der Waals surface area contributed by atoms with Crippen LogP contribution in [0.5, 0.6) is 5.75 Å². The second-order valence-electron chi connectivity index (χ2n) is 4.87. The van der Waals surface area contributed by atoms with Gasteiger partial charge in [0, 0.05) is 12.1 Å². The van der Waals surface area contributed by atoms with Crippen LogP contribution in [-0.2, 0) is 11.2 Å². The van der Waals surface area contributed by atoms with Crippen LogP contribution in [0.25, 0.3) is 0 Å². The molecule has 1 aromatic rings. The van der Waals surface area contributed by atoms with Gasteiger partial charge in [0.1, 0.15) is 5.75 Å². The van der Waals surface area contributed by atoms with Crippen molar-refractivity contribution in [2.24, 2.45) is 5.73 Å². The highest BCUT2D eigenvalue weighted by Crippen LogP contribution is 2.12. The lowest BCUT2D eigenvalue weighted by molar-refractivity contribution is -0.120. The molecule has 20 heavy (non-hydrogen) atoms. The Kier molecular flexibility index (Phi) is 8.26. The molecule has 0 spiro atoms. The van der Waals surface area contributed by atoms with E-state index in [9.17, 15) is 4.79 Å². The standard InChI is InChI=1S/C15H24N2O2.ClH/c1-4-15(16,5-2)11-17-14(18)10-12-6-8-13(19-3)9-7-12;/h6-9H,4-5,10-11,16H2,1-3H3,(H,17,18);1H. The summed E-state index contributed by atoms with van der Waals surface area (Å²) in [6.45, 7) is 4.60. The molecule has 0 saturated heterocycles. The van der Waals surface area contributed by atoms with Gasteiger partial charge in [-0.05, 0) is 30.5 Å². The van der Waals surface area contributed by atoms with Crippen LogP contribution in [0.2, 0.25) is 0 Å². The van der Waals surface area contributed by atoms with Crippen LogP contribution in [0.3, 0.4) is 0 Å². The summed E-state index contributed by atoms with van der Waals surface area (Å²) in [7, 11) is 1.62. The molecule has 0 aliphatic rings. The maximum Gasteiger partial charge on any atom is 0.224 e. The molecule has 0 aliphatic carbocycles. The van der Waals surface area contributed by atoms with E-state index in [0.717, 1.165) is 24.2 Å². The van der Waals surface area contributed by atoms with Crippen LogP contribution < -0.4 is 15.8 Å². The third-order valence-corrected chi connectivity index (χ3v) is 3.57. The molecule has 0 saturated carbocycles. The molecular formula is C15H25ClN2O2. The Bertz CT molecular complexity index is 403. The van der Waals surface area contributed by atoms with Gasteiger partial charge in [-0.2, -0.15) is 0 Å². The minimum absolute atomic E-state index is 0. The van der Waals surface area contributed by atoms with E-state index < -0.39 is 0 Å². The number of carbonyl (C=O) groups is 1. The lowest BCUT2D eigenvalue weighted by Crippen LogP contribution is -2.49. The van der Waals surface area contributed by atoms with Crippen molar-refractivity contribution in [1.29, 1.82) is 0 Å². The Hall–Kier alpha value is -1.26. The van der Waals surface area contributed by atoms with Crippen molar-refractivity contribution in [2.45, 2.75) is 38.6 Å². The minimum atomic E-state index is -0.296. The molecular weight excluding hydrogens is 276 g/mol. The molecule has 114 valence electrons. The van der Waals surface area contributed by atoms with Crippen LogP contribution in [0.4, 0.5) is 0 Å². The minimum Gasteiger partial charge on any atom is -0.497 e. The number of rotatable bonds is 7. The van der Waals surface area contributed by atoms with Crippen molar-refractivity contribution < 1.29 is 9.53 Å². The lowest BCUT2D eigenvalue weighted by atomic mass is 9.94. The molecule has 0 unspecified atom stereocenters. The van der Waals surface area contributed by atoms with E-state index in [1.807, 2.05) is 38.1 Å². The maximum atomic E-state index is 11.8. The third kappa shape index (κ3) is 5.80. The topological polar surface area (TPSA) is 64.3 Å². The molecule has 4 nitrogen and oxygen atoms in total. The number of carbonyl (C=O) groups excluding carboxylic acids is 1. The fraction of sp³-hybridized carbons (Fsp3) is 0.533. The highest BCUT2D eigenvalue weighted by Gasteiger charge is 2.20. The van der Waals surface area contributed by atoms with Crippen LogP contribution >= 0.6 is 12.4 Å². The van der Waals surface area contributed by atoms with Crippen LogP contribution in [0, 0.1) is 0 Å². The van der Waals surface area contributed by atoms with Gasteiger partial charge >= 0.3 is 0 Å². The van der Waals surface area contributed by atoms with Gasteiger partial charge in [-0.3, -0.25) is 4.79 Å². The van der Waals surface area contributed by atoms with Crippen molar-refractivity contribution in [3.63, 3.8) is 0 Å². The molecule has 0 bridgehead atoms. The van der Waals surface area contributed by atoms with Gasteiger partial charge in [0.2, 0.25) is 5.91 Å². The predicted octanol–water partition coefficient (Wildman–Crippen LogP) is 2.29. The quantitative estimate of drug-likeness (QED) is 0.812. The summed E-state index contributed by atoms with van der Waals surface area (Å²) in [6, 6.07) is 7.50. The molecule has 0 atom stereocenters. The van der Waals surface area contributed by atoms with Gasteiger partial charge in [-0.1, -0.05) is 26.0 Å². The number of ether oxygens (including phenoxy) is 1. The largest absolute Gasteiger partial charge is 0.497 e. The zero-order valence-electron chi connectivity index (χ0n) is 12.4. The van der Waals surface area contributed by atoms with E-state index >= 15 is 0 Å². The van der Waals surface area contributed by atoms with Crippen LogP contribution in [0.15, 0.2) is 24.3 Å². The Morgan fingerprint density at radius 2 is 1.80 bits per heavy atom. The van der Waals surface area contributed by atoms with Gasteiger partial charge in [0.25, 0.3) is 0 Å². The van der Waals surface area contributed by atoms with Gasteiger partial charge in [-0.15, -0.1) is 12.4 Å². The zero-order valence-corrected chi connectivity index (χ0v) is 13.3. The van der Waals surface area contributed by atoms with Crippen molar-refractivity contribution >= 4 is 18.3 Å². The summed E-state index contributed by atoms with van der Waals surface area (Å²) < 4.78 is 5.08.